The number of aryl methyl sites for hydroxylation is 1. The summed E-state index contributed by atoms with van der Waals surface area (Å²) in [6, 6.07) is 7.59. The van der Waals surface area contributed by atoms with Crippen LogP contribution in [0.2, 0.25) is 2.82 Å². The maximum atomic E-state index is 7.54. The zero-order valence-corrected chi connectivity index (χ0v) is 6.54. The van der Waals surface area contributed by atoms with Crippen molar-refractivity contribution in [3.8, 4) is 0 Å². The van der Waals surface area contributed by atoms with E-state index in [1.54, 1.807) is 6.20 Å². The zero-order chi connectivity index (χ0) is 11.8. The first-order chi connectivity index (χ1) is 7.50. The second-order valence-electron chi connectivity index (χ2n) is 2.69. The molecule has 1 aromatic heterocycles. The van der Waals surface area contributed by atoms with Gasteiger partial charge in [0.05, 0.1) is 0 Å². The van der Waals surface area contributed by atoms with Crippen LogP contribution in [0, 0.1) is 0 Å². The Bertz CT molecular complexity index is 492. The number of nitrogens with one attached hydrogen (secondary N) is 1. The van der Waals surface area contributed by atoms with E-state index in [9.17, 15) is 0 Å². The summed E-state index contributed by atoms with van der Waals surface area (Å²) in [7, 11) is 0. The summed E-state index contributed by atoms with van der Waals surface area (Å²) >= 11 is 0. The number of nitrogens with two attached hydrogens (primary N) is 1. The smallest absolute Gasteiger partial charge is 0.118 e. The van der Waals surface area contributed by atoms with Gasteiger partial charge >= 0.3 is 0 Å². The Labute approximate surface area is 77.1 Å². The van der Waals surface area contributed by atoms with Gasteiger partial charge in [0.2, 0.25) is 0 Å². The van der Waals surface area contributed by atoms with Crippen molar-refractivity contribution in [2.24, 2.45) is 5.72 Å². The second-order valence-corrected chi connectivity index (χ2v) is 2.69. The van der Waals surface area contributed by atoms with Crippen LogP contribution < -0.4 is 5.72 Å². The van der Waals surface area contributed by atoms with E-state index >= 15 is 0 Å². The highest BCUT2D eigenvalue weighted by Crippen LogP contribution is 2.17. The van der Waals surface area contributed by atoms with Crippen molar-refractivity contribution < 1.29 is 5.57 Å². The van der Waals surface area contributed by atoms with Gasteiger partial charge in [0, 0.05) is 19.8 Å². The molecule has 62 valence electrons. The van der Waals surface area contributed by atoms with Crippen molar-refractivity contribution in [2.75, 3.05) is 6.50 Å². The number of rotatable bonds is 3. The molecule has 0 aliphatic rings. The minimum absolute atomic E-state index is 0.0179. The lowest BCUT2D eigenvalue weighted by atomic mass is 10.1. The molecule has 0 saturated carbocycles. The molecule has 0 saturated heterocycles. The van der Waals surface area contributed by atoms with Crippen molar-refractivity contribution >= 4 is 10.9 Å². The van der Waals surface area contributed by atoms with Crippen molar-refractivity contribution in [1.82, 2.24) is 4.98 Å². The summed E-state index contributed by atoms with van der Waals surface area (Å²) in [5, 5.41) is 0.938. The third kappa shape index (κ3) is 1.10. The molecule has 2 nitrogen and oxygen atoms in total. The molecule has 0 atom stereocenters. The number of hydrogen-bond acceptors (Lipinski definition) is 1. The van der Waals surface area contributed by atoms with Crippen LogP contribution in [-0.4, -0.2) is 11.5 Å². The third-order valence-corrected chi connectivity index (χ3v) is 1.94. The van der Waals surface area contributed by atoms with E-state index in [-0.39, 0.29) is 12.1 Å². The maximum Gasteiger partial charge on any atom is 0.118 e. The number of para-hydroxylation sites is 1. The number of aromatic nitrogens is 1. The van der Waals surface area contributed by atoms with Crippen LogP contribution in [0.3, 0.4) is 0 Å². The molecule has 0 radical (unpaired) electrons. The fraction of sp³-hybridized carbons (Fsp3) is 0.200. The topological polar surface area (TPSA) is 41.8 Å². The van der Waals surface area contributed by atoms with E-state index in [1.807, 2.05) is 24.3 Å². The summed E-state index contributed by atoms with van der Waals surface area (Å²) in [5.41, 5.74) is 1.83. The van der Waals surface area contributed by atoms with Crippen LogP contribution in [0.25, 0.3) is 10.9 Å². The number of H-pyrrole nitrogens is 1. The van der Waals surface area contributed by atoms with E-state index in [2.05, 4.69) is 4.98 Å². The summed E-state index contributed by atoms with van der Waals surface area (Å²) < 4.78 is 29.1. The minimum atomic E-state index is -1.98. The maximum absolute atomic E-state index is 7.54. The molecule has 0 bridgehead atoms. The molecule has 0 aliphatic heterocycles. The van der Waals surface area contributed by atoms with Gasteiger partial charge < -0.3 is 10.7 Å². The van der Waals surface area contributed by atoms with Crippen LogP contribution in [0.1, 0.15) is 8.30 Å². The normalized spacial score (nSPS) is 17.1. The predicted molar refractivity (Wildman–Crippen MR) is 51.1 cm³/mol. The van der Waals surface area contributed by atoms with E-state index in [0.29, 0.717) is 0 Å². The molecule has 3 N–H and O–H groups in total. The minimum Gasteiger partial charge on any atom is -0.361 e. The summed E-state index contributed by atoms with van der Waals surface area (Å²) in [6.07, 6.45) is 1.75. The molecule has 0 fully saturated rings. The van der Waals surface area contributed by atoms with Gasteiger partial charge in [0.15, 0.2) is 0 Å². The predicted octanol–water partition coefficient (Wildman–Crippen LogP) is 1.67. The lowest BCUT2D eigenvalue weighted by molar-refractivity contribution is 0.976. The third-order valence-electron chi connectivity index (χ3n) is 1.94. The van der Waals surface area contributed by atoms with E-state index in [4.69, 9.17) is 5.57 Å². The largest absolute Gasteiger partial charge is 0.361 e. The number of hydrogen-bond donors (Lipinski definition) is 2. The van der Waals surface area contributed by atoms with Gasteiger partial charge in [-0.05, 0) is 24.5 Å². The van der Waals surface area contributed by atoms with Gasteiger partial charge in [-0.1, -0.05) is 18.2 Å². The number of aromatic amines is 1. The van der Waals surface area contributed by atoms with E-state index in [1.165, 1.54) is 0 Å². The highest BCUT2D eigenvalue weighted by molar-refractivity contribution is 5.82. The first-order valence-electron chi connectivity index (χ1n) is 5.73. The number of fused-ring (bicyclic) bond motifs is 1. The molecule has 1 aromatic carbocycles. The van der Waals surface area contributed by atoms with Gasteiger partial charge in [-0.25, -0.2) is 0 Å². The van der Waals surface area contributed by atoms with Crippen molar-refractivity contribution in [2.45, 2.75) is 6.42 Å². The number of benzene rings is 1. The molecule has 0 unspecified atom stereocenters. The van der Waals surface area contributed by atoms with Gasteiger partial charge in [-0.15, -0.1) is 0 Å². The quantitative estimate of drug-likeness (QED) is 0.712. The Morgan fingerprint density at radius 1 is 1.50 bits per heavy atom. The second kappa shape index (κ2) is 2.99. The molecule has 0 amide bonds. The fourth-order valence-electron chi connectivity index (χ4n) is 1.36. The molecular formula is C10H12N2. The molecular weight excluding hydrogens is 148 g/mol. The Balaban J connectivity index is 2.35. The summed E-state index contributed by atoms with van der Waals surface area (Å²) in [4.78, 5) is 3.04. The van der Waals surface area contributed by atoms with Gasteiger partial charge in [0.1, 0.15) is 2.82 Å². The Kier molecular flexibility index (Phi) is 1.02. The molecule has 0 aliphatic carbocycles. The summed E-state index contributed by atoms with van der Waals surface area (Å²) in [6.45, 7) is -1.98. The highest BCUT2D eigenvalue weighted by atomic mass is 14.7. The lowest BCUT2D eigenvalue weighted by Crippen LogP contribution is -2.01. The average Bonchev–Trinajstić information content (AvgIpc) is 2.61. The fourth-order valence-corrected chi connectivity index (χ4v) is 1.36. The average molecular weight is 164 g/mol. The van der Waals surface area contributed by atoms with Crippen molar-refractivity contribution in [3.05, 3.63) is 36.0 Å². The standard InChI is InChI=1S/C10H12N2/c11-6-5-8-7-12-10-4-2-1-3-9(8)10/h1-4,7,12H,5-6,11H2/i6D2/hD2. The van der Waals surface area contributed by atoms with Gasteiger partial charge in [0.25, 0.3) is 0 Å². The molecule has 12 heavy (non-hydrogen) atoms. The van der Waals surface area contributed by atoms with Gasteiger partial charge in [-0.2, -0.15) is 0 Å². The van der Waals surface area contributed by atoms with E-state index < -0.39 is 6.50 Å². The van der Waals surface area contributed by atoms with Crippen molar-refractivity contribution in [1.29, 1.82) is 0 Å². The first kappa shape index (κ1) is 4.10. The zero-order valence-electron chi connectivity index (χ0n) is 10.5. The molecule has 2 heteroatoms. The monoisotopic (exact) mass is 164 g/mol. The molecule has 2 rings (SSSR count). The van der Waals surface area contributed by atoms with Crippen LogP contribution >= 0.6 is 0 Å². The Hall–Kier alpha value is -1.28. The van der Waals surface area contributed by atoms with Crippen LogP contribution in [0.4, 0.5) is 0 Å². The molecule has 0 spiro atoms. The van der Waals surface area contributed by atoms with Crippen LogP contribution in [0.5, 0.6) is 0 Å². The van der Waals surface area contributed by atoms with Crippen LogP contribution in [0.15, 0.2) is 30.5 Å². The van der Waals surface area contributed by atoms with Crippen molar-refractivity contribution in [3.63, 3.8) is 0 Å². The molecule has 1 heterocycles. The SMILES string of the molecule is [2H]N([2H])C([2H])([2H])Cc1c[nH]c2ccccc12. The van der Waals surface area contributed by atoms with Crippen LogP contribution in [-0.2, 0) is 6.42 Å². The molecule has 2 aromatic rings. The Morgan fingerprint density at radius 2 is 2.42 bits per heavy atom. The Morgan fingerprint density at radius 3 is 3.33 bits per heavy atom. The van der Waals surface area contributed by atoms with E-state index in [0.717, 1.165) is 16.5 Å². The highest BCUT2D eigenvalue weighted by Gasteiger charge is 1.99. The lowest BCUT2D eigenvalue weighted by Gasteiger charge is -1.93. The summed E-state index contributed by atoms with van der Waals surface area (Å²) in [5.74, 6) is 0. The van der Waals surface area contributed by atoms with Gasteiger partial charge in [-0.3, -0.25) is 0 Å². The first-order valence-corrected chi connectivity index (χ1v) is 3.84.